The molecule has 1 N–H and O–H groups in total. The average molecular weight is 442 g/mol. The lowest BCUT2D eigenvalue weighted by Gasteiger charge is -2.11. The molecule has 1 amide bonds. The highest BCUT2D eigenvalue weighted by atomic mass is 16.6. The minimum atomic E-state index is -0.597. The monoisotopic (exact) mass is 442 g/mol. The normalized spacial score (nSPS) is 10.7. The maximum Gasteiger partial charge on any atom is 0.343 e. The van der Waals surface area contributed by atoms with E-state index in [0.717, 1.165) is 5.56 Å². The van der Waals surface area contributed by atoms with Crippen molar-refractivity contribution in [3.63, 3.8) is 0 Å². The van der Waals surface area contributed by atoms with Gasteiger partial charge in [0.15, 0.2) is 11.5 Å². The molecule has 166 valence electrons. The number of nitrogens with zero attached hydrogens (tertiary/aromatic N) is 1. The molecule has 0 heterocycles. The molecular weight excluding hydrogens is 420 g/mol. The second kappa shape index (κ2) is 10.6. The van der Waals surface area contributed by atoms with Crippen LogP contribution in [0.4, 0.5) is 5.69 Å². The summed E-state index contributed by atoms with van der Waals surface area (Å²) in [5.74, 6) is 0.429. The fraction of sp³-hybridized carbons (Fsp3) is 0.115. The molecule has 3 aromatic rings. The van der Waals surface area contributed by atoms with Gasteiger partial charge in [0.25, 0.3) is 0 Å². The number of hydrogen-bond acceptors (Lipinski definition) is 6. The van der Waals surface area contributed by atoms with Crippen molar-refractivity contribution in [2.75, 3.05) is 19.5 Å². The first-order chi connectivity index (χ1) is 15.9. The van der Waals surface area contributed by atoms with Crippen LogP contribution in [-0.4, -0.2) is 26.1 Å². The SMILES string of the molecule is COc1ccc(/C(C#N)=C\c2ccc(OC(=O)c3cccc(NC(C)=O)c3)c(OC)c2)cc1. The van der Waals surface area contributed by atoms with Crippen LogP contribution < -0.4 is 19.5 Å². The molecule has 0 fully saturated rings. The number of allylic oxidation sites excluding steroid dienone is 1. The number of nitrogens with one attached hydrogen (secondary N) is 1. The molecule has 0 aromatic heterocycles. The first-order valence-corrected chi connectivity index (χ1v) is 9.97. The summed E-state index contributed by atoms with van der Waals surface area (Å²) < 4.78 is 16.0. The van der Waals surface area contributed by atoms with Crippen molar-refractivity contribution in [1.82, 2.24) is 0 Å². The highest BCUT2D eigenvalue weighted by molar-refractivity contribution is 5.95. The molecule has 0 unspecified atom stereocenters. The van der Waals surface area contributed by atoms with Crippen molar-refractivity contribution in [3.05, 3.63) is 83.4 Å². The van der Waals surface area contributed by atoms with Crippen LogP contribution in [0.2, 0.25) is 0 Å². The molecule has 0 radical (unpaired) electrons. The van der Waals surface area contributed by atoms with Gasteiger partial charge >= 0.3 is 5.97 Å². The molecule has 3 rings (SSSR count). The van der Waals surface area contributed by atoms with Crippen LogP contribution in [0, 0.1) is 11.3 Å². The predicted molar refractivity (Wildman–Crippen MR) is 125 cm³/mol. The highest BCUT2D eigenvalue weighted by Crippen LogP contribution is 2.31. The van der Waals surface area contributed by atoms with Gasteiger partial charge in [0.05, 0.1) is 31.4 Å². The van der Waals surface area contributed by atoms with Crippen LogP contribution in [0.25, 0.3) is 11.6 Å². The average Bonchev–Trinajstić information content (AvgIpc) is 2.83. The van der Waals surface area contributed by atoms with Gasteiger partial charge in [-0.25, -0.2) is 4.79 Å². The number of esters is 1. The number of anilines is 1. The second-order valence-corrected chi connectivity index (χ2v) is 6.96. The van der Waals surface area contributed by atoms with Gasteiger partial charge in [-0.15, -0.1) is 0 Å². The Morgan fingerprint density at radius 2 is 1.67 bits per heavy atom. The maximum absolute atomic E-state index is 12.6. The largest absolute Gasteiger partial charge is 0.497 e. The van der Waals surface area contributed by atoms with E-state index in [1.54, 1.807) is 73.8 Å². The lowest BCUT2D eigenvalue weighted by atomic mass is 10.0. The summed E-state index contributed by atoms with van der Waals surface area (Å²) in [7, 11) is 3.04. The van der Waals surface area contributed by atoms with E-state index in [0.29, 0.717) is 28.3 Å². The number of methoxy groups -OCH3 is 2. The molecule has 0 atom stereocenters. The summed E-state index contributed by atoms with van der Waals surface area (Å²) in [4.78, 5) is 23.9. The fourth-order valence-electron chi connectivity index (χ4n) is 3.06. The Morgan fingerprint density at radius 1 is 0.909 bits per heavy atom. The maximum atomic E-state index is 12.6. The smallest absolute Gasteiger partial charge is 0.343 e. The number of rotatable bonds is 7. The standard InChI is InChI=1S/C26H22N2O5/c1-17(29)28-22-6-4-5-20(15-22)26(30)33-24-12-7-18(14-25(24)32-3)13-21(16-27)19-8-10-23(31-2)11-9-19/h4-15H,1-3H3,(H,28,29)/b21-13-. The summed E-state index contributed by atoms with van der Waals surface area (Å²) in [6.45, 7) is 1.39. The van der Waals surface area contributed by atoms with Crippen molar-refractivity contribution in [2.45, 2.75) is 6.92 Å². The van der Waals surface area contributed by atoms with E-state index in [9.17, 15) is 14.9 Å². The zero-order valence-corrected chi connectivity index (χ0v) is 18.4. The zero-order valence-electron chi connectivity index (χ0n) is 18.4. The molecule has 3 aromatic carbocycles. The van der Waals surface area contributed by atoms with Crippen LogP contribution in [0.15, 0.2) is 66.7 Å². The third-order valence-corrected chi connectivity index (χ3v) is 4.64. The van der Waals surface area contributed by atoms with E-state index < -0.39 is 5.97 Å². The first kappa shape index (κ1) is 23.1. The van der Waals surface area contributed by atoms with E-state index >= 15 is 0 Å². The van der Waals surface area contributed by atoms with Crippen LogP contribution >= 0.6 is 0 Å². The number of benzene rings is 3. The Bertz CT molecular complexity index is 1240. The van der Waals surface area contributed by atoms with Gasteiger partial charge in [0.1, 0.15) is 5.75 Å². The molecule has 0 aliphatic rings. The summed E-state index contributed by atoms with van der Waals surface area (Å²) in [5, 5.41) is 12.2. The van der Waals surface area contributed by atoms with E-state index in [1.807, 2.05) is 0 Å². The Morgan fingerprint density at radius 3 is 2.30 bits per heavy atom. The zero-order chi connectivity index (χ0) is 23.8. The quantitative estimate of drug-likeness (QED) is 0.241. The summed E-state index contributed by atoms with van der Waals surface area (Å²) in [6.07, 6.45) is 1.72. The van der Waals surface area contributed by atoms with Gasteiger partial charge in [-0.1, -0.05) is 12.1 Å². The minimum absolute atomic E-state index is 0.229. The van der Waals surface area contributed by atoms with Crippen molar-refractivity contribution >= 4 is 29.2 Å². The fourth-order valence-corrected chi connectivity index (χ4v) is 3.06. The molecule has 0 saturated carbocycles. The topological polar surface area (TPSA) is 97.6 Å². The van der Waals surface area contributed by atoms with Crippen LogP contribution in [-0.2, 0) is 4.79 Å². The Kier molecular flexibility index (Phi) is 7.45. The molecule has 0 saturated heterocycles. The summed E-state index contributed by atoms with van der Waals surface area (Å²) in [6, 6.07) is 20.8. The predicted octanol–water partition coefficient (Wildman–Crippen LogP) is 4.95. The first-order valence-electron chi connectivity index (χ1n) is 9.97. The van der Waals surface area contributed by atoms with Crippen molar-refractivity contribution in [2.24, 2.45) is 0 Å². The molecule has 33 heavy (non-hydrogen) atoms. The molecule has 7 nitrogen and oxygen atoms in total. The number of nitriles is 1. The molecule has 7 heteroatoms. The lowest BCUT2D eigenvalue weighted by molar-refractivity contribution is -0.114. The van der Waals surface area contributed by atoms with Crippen molar-refractivity contribution in [1.29, 1.82) is 5.26 Å². The van der Waals surface area contributed by atoms with Gasteiger partial charge in [-0.3, -0.25) is 4.79 Å². The molecule has 0 spiro atoms. The number of ether oxygens (including phenoxy) is 3. The number of hydrogen-bond donors (Lipinski definition) is 1. The number of carbonyl (C=O) groups excluding carboxylic acids is 2. The highest BCUT2D eigenvalue weighted by Gasteiger charge is 2.14. The van der Waals surface area contributed by atoms with Crippen LogP contribution in [0.5, 0.6) is 17.2 Å². The van der Waals surface area contributed by atoms with Gasteiger partial charge in [0, 0.05) is 12.6 Å². The number of amides is 1. The third kappa shape index (κ3) is 5.99. The Balaban J connectivity index is 1.83. The van der Waals surface area contributed by atoms with Gasteiger partial charge in [-0.05, 0) is 71.8 Å². The molecule has 0 bridgehead atoms. The molecule has 0 aliphatic heterocycles. The summed E-state index contributed by atoms with van der Waals surface area (Å²) in [5.41, 5.74) is 2.67. The van der Waals surface area contributed by atoms with Gasteiger partial charge < -0.3 is 19.5 Å². The van der Waals surface area contributed by atoms with Gasteiger partial charge in [-0.2, -0.15) is 5.26 Å². The van der Waals surface area contributed by atoms with Crippen LogP contribution in [0.1, 0.15) is 28.4 Å². The van der Waals surface area contributed by atoms with E-state index in [2.05, 4.69) is 11.4 Å². The molecular formula is C26H22N2O5. The second-order valence-electron chi connectivity index (χ2n) is 6.96. The van der Waals surface area contributed by atoms with E-state index in [-0.39, 0.29) is 17.2 Å². The Hall–Kier alpha value is -4.57. The van der Waals surface area contributed by atoms with E-state index in [4.69, 9.17) is 14.2 Å². The number of carbonyl (C=O) groups is 2. The minimum Gasteiger partial charge on any atom is -0.497 e. The van der Waals surface area contributed by atoms with Gasteiger partial charge in [0.2, 0.25) is 5.91 Å². The third-order valence-electron chi connectivity index (χ3n) is 4.64. The lowest BCUT2D eigenvalue weighted by Crippen LogP contribution is -2.11. The van der Waals surface area contributed by atoms with E-state index in [1.165, 1.54) is 20.1 Å². The summed E-state index contributed by atoms with van der Waals surface area (Å²) >= 11 is 0. The van der Waals surface area contributed by atoms with Crippen LogP contribution in [0.3, 0.4) is 0 Å². The van der Waals surface area contributed by atoms with Crippen molar-refractivity contribution in [3.8, 4) is 23.3 Å². The van der Waals surface area contributed by atoms with Crippen molar-refractivity contribution < 1.29 is 23.8 Å². The Labute approximate surface area is 191 Å². The molecule has 0 aliphatic carbocycles.